The second-order valence-electron chi connectivity index (χ2n) is 5.47. The number of anilines is 1. The third-order valence-corrected chi connectivity index (χ3v) is 4.45. The Morgan fingerprint density at radius 1 is 0.964 bits per heavy atom. The van der Waals surface area contributed by atoms with Gasteiger partial charge in [0.05, 0.1) is 10.7 Å². The van der Waals surface area contributed by atoms with Crippen molar-refractivity contribution >= 4 is 63.3 Å². The molecule has 0 aromatic heterocycles. The van der Waals surface area contributed by atoms with E-state index < -0.39 is 11.8 Å². The standard InChI is InChI=1S/C18H17IN4O4S/c1-10(24)20-13-6-3-11(4-7-13)17(26)22-23-18(28)21-16(25)12-5-8-15(27-2)14(19)9-12/h3-9H,1-2H3,(H,20,24)(H,22,26)(H2,21,23,25,28). The Hall–Kier alpha value is -2.73. The van der Waals surface area contributed by atoms with Crippen molar-refractivity contribution in [2.45, 2.75) is 6.92 Å². The van der Waals surface area contributed by atoms with Gasteiger partial charge in [0.2, 0.25) is 5.91 Å². The van der Waals surface area contributed by atoms with Gasteiger partial charge < -0.3 is 10.1 Å². The van der Waals surface area contributed by atoms with Crippen molar-refractivity contribution in [1.82, 2.24) is 16.2 Å². The first-order chi connectivity index (χ1) is 13.3. The predicted molar refractivity (Wildman–Crippen MR) is 117 cm³/mol. The molecular weight excluding hydrogens is 495 g/mol. The highest BCUT2D eigenvalue weighted by atomic mass is 127. The molecule has 10 heteroatoms. The van der Waals surface area contributed by atoms with Crippen LogP contribution in [0.5, 0.6) is 5.75 Å². The molecule has 0 atom stereocenters. The summed E-state index contributed by atoms with van der Waals surface area (Å²) in [4.78, 5) is 35.3. The van der Waals surface area contributed by atoms with Gasteiger partial charge in [-0.25, -0.2) is 0 Å². The lowest BCUT2D eigenvalue weighted by Gasteiger charge is -2.12. The van der Waals surface area contributed by atoms with E-state index in [1.54, 1.807) is 49.6 Å². The molecule has 0 heterocycles. The van der Waals surface area contributed by atoms with Crippen LogP contribution in [0.4, 0.5) is 5.69 Å². The maximum Gasteiger partial charge on any atom is 0.269 e. The van der Waals surface area contributed by atoms with E-state index in [4.69, 9.17) is 17.0 Å². The number of rotatable bonds is 4. The summed E-state index contributed by atoms with van der Waals surface area (Å²) in [6.07, 6.45) is 0. The van der Waals surface area contributed by atoms with Gasteiger partial charge in [-0.3, -0.25) is 30.6 Å². The maximum absolute atomic E-state index is 12.2. The molecule has 0 saturated heterocycles. The average Bonchev–Trinajstić information content (AvgIpc) is 2.66. The maximum atomic E-state index is 12.2. The number of hydrogen-bond acceptors (Lipinski definition) is 5. The molecule has 28 heavy (non-hydrogen) atoms. The van der Waals surface area contributed by atoms with Crippen LogP contribution in [0.15, 0.2) is 42.5 Å². The lowest BCUT2D eigenvalue weighted by Crippen LogP contribution is -2.48. The Bertz CT molecular complexity index is 918. The molecule has 4 N–H and O–H groups in total. The number of carbonyl (C=O) groups excluding carboxylic acids is 3. The Labute approximate surface area is 180 Å². The second-order valence-corrected chi connectivity index (χ2v) is 7.04. The van der Waals surface area contributed by atoms with Crippen molar-refractivity contribution in [2.75, 3.05) is 12.4 Å². The molecule has 2 aromatic rings. The predicted octanol–water partition coefficient (Wildman–Crippen LogP) is 2.21. The highest BCUT2D eigenvalue weighted by Gasteiger charge is 2.11. The Kier molecular flexibility index (Phi) is 7.70. The number of halogens is 1. The molecule has 146 valence electrons. The number of amides is 3. The first kappa shape index (κ1) is 21.6. The largest absolute Gasteiger partial charge is 0.496 e. The zero-order valence-corrected chi connectivity index (χ0v) is 17.9. The average molecular weight is 512 g/mol. The fraction of sp³-hybridized carbons (Fsp3) is 0.111. The molecule has 0 spiro atoms. The first-order valence-electron chi connectivity index (χ1n) is 7.93. The summed E-state index contributed by atoms with van der Waals surface area (Å²) in [5.74, 6) is -0.418. The third kappa shape index (κ3) is 6.16. The van der Waals surface area contributed by atoms with Gasteiger partial charge in [0.25, 0.3) is 11.8 Å². The Morgan fingerprint density at radius 2 is 1.61 bits per heavy atom. The highest BCUT2D eigenvalue weighted by molar-refractivity contribution is 14.1. The molecule has 0 aliphatic rings. The lowest BCUT2D eigenvalue weighted by molar-refractivity contribution is -0.114. The molecule has 2 aromatic carbocycles. The lowest BCUT2D eigenvalue weighted by atomic mass is 10.2. The second kappa shape index (κ2) is 9.99. The number of hydrazine groups is 1. The molecule has 3 amide bonds. The van der Waals surface area contributed by atoms with Gasteiger partial charge in [0.15, 0.2) is 5.11 Å². The molecule has 8 nitrogen and oxygen atoms in total. The van der Waals surface area contributed by atoms with Crippen LogP contribution in [0.25, 0.3) is 0 Å². The number of benzene rings is 2. The van der Waals surface area contributed by atoms with Gasteiger partial charge in [0.1, 0.15) is 5.75 Å². The van der Waals surface area contributed by atoms with Crippen LogP contribution in [-0.4, -0.2) is 29.9 Å². The van der Waals surface area contributed by atoms with Gasteiger partial charge in [-0.15, -0.1) is 0 Å². The van der Waals surface area contributed by atoms with Gasteiger partial charge in [-0.2, -0.15) is 0 Å². The molecule has 0 unspecified atom stereocenters. The van der Waals surface area contributed by atoms with Crippen LogP contribution in [0, 0.1) is 3.57 Å². The van der Waals surface area contributed by atoms with Crippen LogP contribution in [0.3, 0.4) is 0 Å². The van der Waals surface area contributed by atoms with Crippen LogP contribution in [-0.2, 0) is 4.79 Å². The zero-order chi connectivity index (χ0) is 20.7. The molecule has 2 rings (SSSR count). The Balaban J connectivity index is 1.87. The van der Waals surface area contributed by atoms with Crippen molar-refractivity contribution in [3.05, 3.63) is 57.2 Å². The van der Waals surface area contributed by atoms with E-state index in [0.29, 0.717) is 22.6 Å². The summed E-state index contributed by atoms with van der Waals surface area (Å²) in [5.41, 5.74) is 6.18. The normalized spacial score (nSPS) is 9.82. The Morgan fingerprint density at radius 3 is 2.18 bits per heavy atom. The number of hydrogen-bond donors (Lipinski definition) is 4. The van der Waals surface area contributed by atoms with Gasteiger partial charge in [0, 0.05) is 23.7 Å². The fourth-order valence-electron chi connectivity index (χ4n) is 2.11. The molecular formula is C18H17IN4O4S. The highest BCUT2D eigenvalue weighted by Crippen LogP contribution is 2.21. The van der Waals surface area contributed by atoms with E-state index in [0.717, 1.165) is 3.57 Å². The summed E-state index contributed by atoms with van der Waals surface area (Å²) in [5, 5.41) is 5.02. The number of carbonyl (C=O) groups is 3. The van der Waals surface area contributed by atoms with Crippen LogP contribution >= 0.6 is 34.8 Å². The molecule has 0 fully saturated rings. The minimum absolute atomic E-state index is 0.0564. The molecule has 0 aliphatic carbocycles. The number of nitrogens with one attached hydrogen (secondary N) is 4. The third-order valence-electron chi connectivity index (χ3n) is 3.40. The van der Waals surface area contributed by atoms with Crippen molar-refractivity contribution in [3.8, 4) is 5.75 Å². The quantitative estimate of drug-likeness (QED) is 0.284. The molecule has 0 aliphatic heterocycles. The van der Waals surface area contributed by atoms with Crippen molar-refractivity contribution < 1.29 is 19.1 Å². The van der Waals surface area contributed by atoms with E-state index in [1.807, 2.05) is 0 Å². The minimum Gasteiger partial charge on any atom is -0.496 e. The zero-order valence-electron chi connectivity index (χ0n) is 15.0. The molecule has 0 bridgehead atoms. The number of thiocarbonyl (C=S) groups is 1. The summed E-state index contributed by atoms with van der Waals surface area (Å²) >= 11 is 7.08. The van der Waals surface area contributed by atoms with Crippen LogP contribution in [0.2, 0.25) is 0 Å². The van der Waals surface area contributed by atoms with Crippen LogP contribution in [0.1, 0.15) is 27.6 Å². The van der Waals surface area contributed by atoms with Crippen LogP contribution < -0.4 is 26.2 Å². The number of ether oxygens (including phenoxy) is 1. The van der Waals surface area contributed by atoms with Gasteiger partial charge in [-0.05, 0) is 77.3 Å². The van der Waals surface area contributed by atoms with Crippen molar-refractivity contribution in [2.24, 2.45) is 0 Å². The van der Waals surface area contributed by atoms with E-state index in [2.05, 4.69) is 44.1 Å². The summed E-state index contributed by atoms with van der Waals surface area (Å²) in [7, 11) is 1.55. The van der Waals surface area contributed by atoms with Crippen molar-refractivity contribution in [3.63, 3.8) is 0 Å². The summed E-state index contributed by atoms with van der Waals surface area (Å²) < 4.78 is 5.93. The number of methoxy groups -OCH3 is 1. The first-order valence-corrected chi connectivity index (χ1v) is 9.41. The van der Waals surface area contributed by atoms with E-state index in [1.165, 1.54) is 6.92 Å². The topological polar surface area (TPSA) is 109 Å². The molecule has 0 radical (unpaired) electrons. The van der Waals surface area contributed by atoms with Gasteiger partial charge in [-0.1, -0.05) is 0 Å². The fourth-order valence-corrected chi connectivity index (χ4v) is 2.99. The smallest absolute Gasteiger partial charge is 0.269 e. The summed E-state index contributed by atoms with van der Waals surface area (Å²) in [6.45, 7) is 1.40. The van der Waals surface area contributed by atoms with Gasteiger partial charge >= 0.3 is 0 Å². The van der Waals surface area contributed by atoms with E-state index in [9.17, 15) is 14.4 Å². The van der Waals surface area contributed by atoms with Crippen molar-refractivity contribution in [1.29, 1.82) is 0 Å². The molecule has 0 saturated carbocycles. The minimum atomic E-state index is -0.454. The summed E-state index contributed by atoms with van der Waals surface area (Å²) in [6, 6.07) is 11.2. The van der Waals surface area contributed by atoms with E-state index >= 15 is 0 Å². The van der Waals surface area contributed by atoms with E-state index in [-0.39, 0.29) is 11.0 Å². The SMILES string of the molecule is COc1ccc(C(=O)NC(=S)NNC(=O)c2ccc(NC(C)=O)cc2)cc1I. The monoisotopic (exact) mass is 512 g/mol.